The van der Waals surface area contributed by atoms with Crippen LogP contribution in [0.3, 0.4) is 0 Å². The summed E-state index contributed by atoms with van der Waals surface area (Å²) in [6.45, 7) is 8.42. The second kappa shape index (κ2) is 16.8. The number of hydrogen-bond acceptors (Lipinski definition) is 8. The Hall–Kier alpha value is -4.68. The number of rotatable bonds is 12. The van der Waals surface area contributed by atoms with Gasteiger partial charge in [-0.1, -0.05) is 53.5 Å². The molecule has 7 rings (SSSR count). The summed E-state index contributed by atoms with van der Waals surface area (Å²) in [5.74, 6) is 0.535. The number of ether oxygens (including phenoxy) is 3. The Bertz CT molecular complexity index is 2250. The van der Waals surface area contributed by atoms with E-state index in [0.717, 1.165) is 77.1 Å². The van der Waals surface area contributed by atoms with E-state index in [0.29, 0.717) is 40.9 Å². The lowest BCUT2D eigenvalue weighted by Crippen LogP contribution is -2.43. The van der Waals surface area contributed by atoms with Crippen molar-refractivity contribution in [2.45, 2.75) is 77.3 Å². The third-order valence-corrected chi connectivity index (χ3v) is 11.0. The average Bonchev–Trinajstić information content (AvgIpc) is 3.92. The number of carbonyl (C=O) groups excluding carboxylic acids is 2. The zero-order valence-electron chi connectivity index (χ0n) is 32.5. The first-order valence-corrected chi connectivity index (χ1v) is 19.8. The van der Waals surface area contributed by atoms with Crippen LogP contribution in [0.4, 0.5) is 4.79 Å². The third kappa shape index (κ3) is 8.81. The van der Waals surface area contributed by atoms with Gasteiger partial charge in [-0.05, 0) is 69.9 Å². The van der Waals surface area contributed by atoms with Gasteiger partial charge in [0.25, 0.3) is 0 Å². The van der Waals surface area contributed by atoms with Gasteiger partial charge in [-0.15, -0.1) is 0 Å². The molecule has 2 saturated heterocycles. The summed E-state index contributed by atoms with van der Waals surface area (Å²) in [7, 11) is 3.59. The first-order chi connectivity index (χ1) is 26.9. The van der Waals surface area contributed by atoms with Gasteiger partial charge < -0.3 is 34.3 Å². The van der Waals surface area contributed by atoms with Crippen LogP contribution in [0.2, 0.25) is 10.0 Å². The highest BCUT2D eigenvalue weighted by molar-refractivity contribution is 6.39. The van der Waals surface area contributed by atoms with Gasteiger partial charge in [-0.25, -0.2) is 9.78 Å². The molecule has 3 aromatic heterocycles. The largest absolute Gasteiger partial charge is 0.496 e. The Morgan fingerprint density at radius 3 is 2.59 bits per heavy atom. The Kier molecular flexibility index (Phi) is 11.9. The highest BCUT2D eigenvalue weighted by Crippen LogP contribution is 2.42. The summed E-state index contributed by atoms with van der Waals surface area (Å²) >= 11 is 14.4. The standard InChI is InChI=1S/C43H48Cl2N6O5/c1-43(2,3)56-42(53)51(25-29-13-16-37(52)48-29)24-27-12-11-26(20-36(27)54-5)40-39(45)33(17-18-47-40)32-9-6-10-34(38(32)44)35-15-14-31-28(23-50(4)41(31)49-35)21-46-22-30-8-7-19-55-30/h6,9-12,14-15,17-18,20,23,29-30,46H,7-8,13,16,19,21-22,24-25H2,1-5H3,(H,48,52)/t29-,30-/m0/s1. The lowest BCUT2D eigenvalue weighted by Gasteiger charge is -2.29. The average molecular weight is 800 g/mol. The lowest BCUT2D eigenvalue weighted by atomic mass is 9.99. The number of halogens is 2. The highest BCUT2D eigenvalue weighted by Gasteiger charge is 2.29. The maximum Gasteiger partial charge on any atom is 0.410 e. The lowest BCUT2D eigenvalue weighted by molar-refractivity contribution is -0.119. The molecule has 2 atom stereocenters. The predicted molar refractivity (Wildman–Crippen MR) is 220 cm³/mol. The number of methoxy groups -OCH3 is 1. The van der Waals surface area contributed by atoms with Crippen molar-refractivity contribution in [2.75, 3.05) is 26.8 Å². The quantitative estimate of drug-likeness (QED) is 0.129. The number of nitrogens with zero attached hydrogens (tertiary/aromatic N) is 4. The highest BCUT2D eigenvalue weighted by atomic mass is 35.5. The molecule has 0 bridgehead atoms. The normalized spacial score (nSPS) is 17.0. The third-order valence-electron chi connectivity index (χ3n) is 10.2. The summed E-state index contributed by atoms with van der Waals surface area (Å²) in [4.78, 5) is 36.6. The summed E-state index contributed by atoms with van der Waals surface area (Å²) in [5.41, 5.74) is 6.43. The van der Waals surface area contributed by atoms with Crippen LogP contribution in [0, 0.1) is 0 Å². The van der Waals surface area contributed by atoms with Crippen molar-refractivity contribution in [2.24, 2.45) is 7.05 Å². The molecule has 11 nitrogen and oxygen atoms in total. The number of hydrogen-bond donors (Lipinski definition) is 2. The number of nitrogens with one attached hydrogen (secondary N) is 2. The van der Waals surface area contributed by atoms with Crippen molar-refractivity contribution in [3.8, 4) is 39.4 Å². The van der Waals surface area contributed by atoms with Gasteiger partial charge in [0.15, 0.2) is 0 Å². The van der Waals surface area contributed by atoms with Gasteiger partial charge in [0.2, 0.25) is 5.91 Å². The first-order valence-electron chi connectivity index (χ1n) is 19.0. The van der Waals surface area contributed by atoms with Gasteiger partial charge in [0, 0.05) is 91.3 Å². The molecule has 0 saturated carbocycles. The van der Waals surface area contributed by atoms with Crippen molar-refractivity contribution in [1.82, 2.24) is 30.1 Å². The monoisotopic (exact) mass is 798 g/mol. The van der Waals surface area contributed by atoms with E-state index >= 15 is 0 Å². The van der Waals surface area contributed by atoms with Crippen LogP contribution in [0.1, 0.15) is 57.6 Å². The fourth-order valence-corrected chi connectivity index (χ4v) is 8.07. The van der Waals surface area contributed by atoms with Gasteiger partial charge in [-0.2, -0.15) is 0 Å². The number of benzene rings is 2. The van der Waals surface area contributed by atoms with E-state index in [-0.39, 0.29) is 24.6 Å². The van der Waals surface area contributed by atoms with E-state index in [2.05, 4.69) is 32.4 Å². The minimum Gasteiger partial charge on any atom is -0.496 e. The summed E-state index contributed by atoms with van der Waals surface area (Å²) in [6, 6.07) is 17.3. The zero-order chi connectivity index (χ0) is 39.6. The molecule has 2 fully saturated rings. The van der Waals surface area contributed by atoms with Gasteiger partial charge in [-0.3, -0.25) is 9.78 Å². The van der Waals surface area contributed by atoms with Crippen molar-refractivity contribution >= 4 is 46.2 Å². The van der Waals surface area contributed by atoms with E-state index in [1.807, 2.05) is 76.3 Å². The number of carbonyl (C=O) groups is 2. The van der Waals surface area contributed by atoms with Crippen LogP contribution in [-0.2, 0) is 34.4 Å². The minimum atomic E-state index is -0.684. The molecule has 56 heavy (non-hydrogen) atoms. The Morgan fingerprint density at radius 1 is 1.05 bits per heavy atom. The van der Waals surface area contributed by atoms with Crippen molar-refractivity contribution < 1.29 is 23.8 Å². The molecule has 2 N–H and O–H groups in total. The fourth-order valence-electron chi connectivity index (χ4n) is 7.43. The van der Waals surface area contributed by atoms with Crippen LogP contribution in [0.25, 0.3) is 44.7 Å². The second-order valence-electron chi connectivity index (χ2n) is 15.5. The maximum atomic E-state index is 13.3. The maximum absolute atomic E-state index is 13.3. The molecule has 0 aliphatic carbocycles. The molecule has 2 aliphatic rings. The second-order valence-corrected chi connectivity index (χ2v) is 16.2. The van der Waals surface area contributed by atoms with E-state index in [9.17, 15) is 9.59 Å². The number of fused-ring (bicyclic) bond motifs is 1. The molecule has 0 unspecified atom stereocenters. The van der Waals surface area contributed by atoms with Crippen LogP contribution >= 0.6 is 23.2 Å². The number of aryl methyl sites for hydroxylation is 1. The van der Waals surface area contributed by atoms with E-state index in [1.54, 1.807) is 18.2 Å². The van der Waals surface area contributed by atoms with Gasteiger partial charge in [0.05, 0.1) is 41.2 Å². The van der Waals surface area contributed by atoms with Crippen LogP contribution in [-0.4, -0.2) is 76.0 Å². The molecule has 2 amide bonds. The molecule has 13 heteroatoms. The van der Waals surface area contributed by atoms with Crippen LogP contribution < -0.4 is 15.4 Å². The van der Waals surface area contributed by atoms with Crippen molar-refractivity contribution in [3.05, 3.63) is 88.2 Å². The zero-order valence-corrected chi connectivity index (χ0v) is 34.0. The molecule has 2 aromatic carbocycles. The molecule has 5 aromatic rings. The smallest absolute Gasteiger partial charge is 0.410 e. The molecular formula is C43H48Cl2N6O5. The summed E-state index contributed by atoms with van der Waals surface area (Å²) in [5, 5.41) is 8.55. The minimum absolute atomic E-state index is 0.0193. The van der Waals surface area contributed by atoms with Crippen LogP contribution in [0.5, 0.6) is 5.75 Å². The SMILES string of the molecule is COc1cc(-c2nccc(-c3cccc(-c4ccc5c(CNC[C@@H]6CCCO6)cn(C)c5n4)c3Cl)c2Cl)ccc1CN(C[C@@H]1CCC(=O)N1)C(=O)OC(C)(C)C. The fraction of sp³-hybridized carbons (Fsp3) is 0.395. The molecule has 2 aliphatic heterocycles. The van der Waals surface area contributed by atoms with Crippen molar-refractivity contribution in [3.63, 3.8) is 0 Å². The van der Waals surface area contributed by atoms with Crippen molar-refractivity contribution in [1.29, 1.82) is 0 Å². The van der Waals surface area contributed by atoms with Gasteiger partial charge >= 0.3 is 6.09 Å². The molecule has 0 radical (unpaired) electrons. The predicted octanol–water partition coefficient (Wildman–Crippen LogP) is 8.57. The Morgan fingerprint density at radius 2 is 1.86 bits per heavy atom. The topological polar surface area (TPSA) is 120 Å². The van der Waals surface area contributed by atoms with E-state index in [1.165, 1.54) is 5.56 Å². The first kappa shape index (κ1) is 39.6. The number of aromatic nitrogens is 3. The van der Waals surface area contributed by atoms with Gasteiger partial charge in [0.1, 0.15) is 17.0 Å². The molecule has 294 valence electrons. The molecule has 5 heterocycles. The Balaban J connectivity index is 1.14. The number of pyridine rings is 2. The molecule has 0 spiro atoms. The van der Waals surface area contributed by atoms with E-state index in [4.69, 9.17) is 42.4 Å². The van der Waals surface area contributed by atoms with Crippen LogP contribution in [0.15, 0.2) is 67.0 Å². The molecular weight excluding hydrogens is 751 g/mol. The number of amides is 2. The Labute approximate surface area is 337 Å². The van der Waals surface area contributed by atoms with E-state index < -0.39 is 11.7 Å². The summed E-state index contributed by atoms with van der Waals surface area (Å²) < 4.78 is 19.4. The summed E-state index contributed by atoms with van der Waals surface area (Å²) in [6.07, 6.45) is 6.95.